The van der Waals surface area contributed by atoms with E-state index in [0.29, 0.717) is 17.2 Å². The van der Waals surface area contributed by atoms with Crippen LogP contribution < -0.4 is 10.2 Å². The summed E-state index contributed by atoms with van der Waals surface area (Å²) in [6.07, 6.45) is 2.95. The first-order valence-electron chi connectivity index (χ1n) is 10.4. The Hall–Kier alpha value is -2.27. The Labute approximate surface area is 178 Å². The fourth-order valence-electron chi connectivity index (χ4n) is 3.55. The van der Waals surface area contributed by atoms with Crippen LogP contribution in [0.5, 0.6) is 0 Å². The summed E-state index contributed by atoms with van der Waals surface area (Å²) >= 11 is 1.44. The molecule has 1 aliphatic rings. The largest absolute Gasteiger partial charge is 0.350 e. The number of nitrogens with zero attached hydrogens (tertiary/aromatic N) is 1. The van der Waals surface area contributed by atoms with E-state index in [2.05, 4.69) is 25.2 Å². The van der Waals surface area contributed by atoms with Crippen molar-refractivity contribution in [1.82, 2.24) is 5.32 Å². The van der Waals surface area contributed by atoms with Gasteiger partial charge in [0.25, 0.3) is 5.91 Å². The molecule has 0 saturated heterocycles. The number of benzene rings is 2. The van der Waals surface area contributed by atoms with E-state index in [1.165, 1.54) is 17.3 Å². The van der Waals surface area contributed by atoms with Crippen molar-refractivity contribution in [3.05, 3.63) is 59.7 Å². The molecule has 2 aromatic rings. The molecule has 1 atom stereocenters. The van der Waals surface area contributed by atoms with Gasteiger partial charge >= 0.3 is 0 Å². The van der Waals surface area contributed by atoms with Crippen molar-refractivity contribution < 1.29 is 9.59 Å². The normalized spacial score (nSPS) is 14.0. The number of para-hydroxylation sites is 1. The molecule has 0 aliphatic carbocycles. The molecule has 0 radical (unpaired) electrons. The highest BCUT2D eigenvalue weighted by Crippen LogP contribution is 2.29. The Morgan fingerprint density at radius 2 is 1.76 bits per heavy atom. The average Bonchev–Trinajstić information content (AvgIpc) is 3.15. The van der Waals surface area contributed by atoms with Gasteiger partial charge in [-0.15, -0.1) is 11.8 Å². The lowest BCUT2D eigenvalue weighted by Crippen LogP contribution is -2.33. The lowest BCUT2D eigenvalue weighted by molar-refractivity contribution is -0.116. The van der Waals surface area contributed by atoms with Gasteiger partial charge in [0, 0.05) is 23.2 Å². The van der Waals surface area contributed by atoms with Crippen LogP contribution in [-0.4, -0.2) is 30.2 Å². The van der Waals surface area contributed by atoms with Crippen molar-refractivity contribution >= 4 is 29.3 Å². The second kappa shape index (κ2) is 9.97. The lowest BCUT2D eigenvalue weighted by Gasteiger charge is -2.18. The minimum absolute atomic E-state index is 0.0664. The zero-order chi connectivity index (χ0) is 20.8. The molecule has 1 aliphatic heterocycles. The van der Waals surface area contributed by atoms with Crippen LogP contribution in [0.4, 0.5) is 5.69 Å². The van der Waals surface area contributed by atoms with E-state index in [-0.39, 0.29) is 17.9 Å². The van der Waals surface area contributed by atoms with E-state index < -0.39 is 0 Å². The minimum Gasteiger partial charge on any atom is -0.350 e. The van der Waals surface area contributed by atoms with Gasteiger partial charge in [0.05, 0.1) is 11.3 Å². The molecule has 5 heteroatoms. The van der Waals surface area contributed by atoms with Crippen LogP contribution in [0.15, 0.2) is 53.4 Å². The van der Waals surface area contributed by atoms with Crippen molar-refractivity contribution in [2.45, 2.75) is 51.0 Å². The Bertz CT molecular complexity index is 865. The summed E-state index contributed by atoms with van der Waals surface area (Å²) in [4.78, 5) is 28.3. The fourth-order valence-corrected chi connectivity index (χ4v) is 4.48. The Kier molecular flexibility index (Phi) is 7.37. The van der Waals surface area contributed by atoms with Gasteiger partial charge in [-0.2, -0.15) is 0 Å². The Morgan fingerprint density at radius 3 is 2.55 bits per heavy atom. The first-order valence-corrected chi connectivity index (χ1v) is 11.3. The van der Waals surface area contributed by atoms with E-state index in [1.807, 2.05) is 54.3 Å². The zero-order valence-electron chi connectivity index (χ0n) is 17.5. The first-order chi connectivity index (χ1) is 14.0. The highest BCUT2D eigenvalue weighted by Gasteiger charge is 2.24. The third-order valence-corrected chi connectivity index (χ3v) is 6.28. The molecule has 1 unspecified atom stereocenters. The Balaban J connectivity index is 1.61. The van der Waals surface area contributed by atoms with Gasteiger partial charge < -0.3 is 10.2 Å². The van der Waals surface area contributed by atoms with Gasteiger partial charge in [0.15, 0.2) is 0 Å². The van der Waals surface area contributed by atoms with E-state index in [1.54, 1.807) is 0 Å². The summed E-state index contributed by atoms with van der Waals surface area (Å²) in [5.74, 6) is 0.962. The van der Waals surface area contributed by atoms with Crippen molar-refractivity contribution in [1.29, 1.82) is 0 Å². The van der Waals surface area contributed by atoms with Crippen LogP contribution in [0.3, 0.4) is 0 Å². The van der Waals surface area contributed by atoms with Crippen LogP contribution >= 0.6 is 11.8 Å². The number of anilines is 1. The third-order valence-electron chi connectivity index (χ3n) is 5.23. The van der Waals surface area contributed by atoms with E-state index in [0.717, 1.165) is 36.4 Å². The summed E-state index contributed by atoms with van der Waals surface area (Å²) in [7, 11) is 0. The molecule has 1 heterocycles. The molecule has 2 aromatic carbocycles. The van der Waals surface area contributed by atoms with Crippen LogP contribution in [0.25, 0.3) is 0 Å². The predicted molar refractivity (Wildman–Crippen MR) is 121 cm³/mol. The number of amides is 2. The number of rotatable bonds is 8. The van der Waals surface area contributed by atoms with Gasteiger partial charge in [-0.25, -0.2) is 0 Å². The van der Waals surface area contributed by atoms with Crippen molar-refractivity contribution in [3.63, 3.8) is 0 Å². The summed E-state index contributed by atoms with van der Waals surface area (Å²) in [5, 5.41) is 3.10. The summed E-state index contributed by atoms with van der Waals surface area (Å²) in [6.45, 7) is 7.16. The highest BCUT2D eigenvalue weighted by atomic mass is 32.2. The zero-order valence-corrected chi connectivity index (χ0v) is 18.3. The van der Waals surface area contributed by atoms with E-state index in [4.69, 9.17) is 0 Å². The number of nitrogens with one attached hydrogen (secondary N) is 1. The highest BCUT2D eigenvalue weighted by molar-refractivity contribution is 8.00. The average molecular weight is 411 g/mol. The van der Waals surface area contributed by atoms with Crippen molar-refractivity contribution in [2.24, 2.45) is 5.92 Å². The predicted octanol–water partition coefficient (Wildman–Crippen LogP) is 4.92. The molecular weight excluding hydrogens is 380 g/mol. The topological polar surface area (TPSA) is 49.4 Å². The molecular formula is C24H30N2O2S. The van der Waals surface area contributed by atoms with E-state index in [9.17, 15) is 9.59 Å². The summed E-state index contributed by atoms with van der Waals surface area (Å²) in [6, 6.07) is 15.7. The van der Waals surface area contributed by atoms with Gasteiger partial charge in [-0.3, -0.25) is 9.59 Å². The second-order valence-corrected chi connectivity index (χ2v) is 9.07. The van der Waals surface area contributed by atoms with Crippen LogP contribution in [0.2, 0.25) is 0 Å². The van der Waals surface area contributed by atoms with Crippen LogP contribution in [-0.2, 0) is 11.2 Å². The maximum Gasteiger partial charge on any atom is 0.252 e. The number of thioether (sulfide) groups is 1. The molecule has 4 nitrogen and oxygen atoms in total. The van der Waals surface area contributed by atoms with Crippen LogP contribution in [0.1, 0.15) is 49.5 Å². The summed E-state index contributed by atoms with van der Waals surface area (Å²) < 4.78 is 0. The molecule has 0 bridgehead atoms. The number of hydrogen-bond acceptors (Lipinski definition) is 3. The maximum atomic E-state index is 12.8. The molecule has 0 fully saturated rings. The van der Waals surface area contributed by atoms with Crippen molar-refractivity contribution in [2.75, 3.05) is 17.2 Å². The third kappa shape index (κ3) is 5.63. The molecule has 1 N–H and O–H groups in total. The van der Waals surface area contributed by atoms with Crippen molar-refractivity contribution in [3.8, 4) is 0 Å². The fraction of sp³-hybridized carbons (Fsp3) is 0.417. The molecule has 0 aromatic heterocycles. The summed E-state index contributed by atoms with van der Waals surface area (Å²) in [5.41, 5.74) is 2.88. The SMILES string of the molecule is CC(C)CCC(C)NC(=O)c1ccccc1SCC(=O)N1CCc2ccccc21. The molecule has 0 saturated carbocycles. The molecule has 154 valence electrons. The molecule has 2 amide bonds. The smallest absolute Gasteiger partial charge is 0.252 e. The maximum absolute atomic E-state index is 12.8. The molecule has 3 rings (SSSR count). The molecule has 29 heavy (non-hydrogen) atoms. The monoisotopic (exact) mass is 410 g/mol. The number of fused-ring (bicyclic) bond motifs is 1. The van der Waals surface area contributed by atoms with Crippen LogP contribution in [0, 0.1) is 5.92 Å². The lowest BCUT2D eigenvalue weighted by atomic mass is 10.0. The van der Waals surface area contributed by atoms with E-state index >= 15 is 0 Å². The Morgan fingerprint density at radius 1 is 1.03 bits per heavy atom. The quantitative estimate of drug-likeness (QED) is 0.628. The van der Waals surface area contributed by atoms with Gasteiger partial charge in [0.1, 0.15) is 0 Å². The molecule has 0 spiro atoms. The number of hydrogen-bond donors (Lipinski definition) is 1. The second-order valence-electron chi connectivity index (χ2n) is 8.05. The minimum atomic E-state index is -0.0664. The number of carbonyl (C=O) groups is 2. The van der Waals surface area contributed by atoms with Gasteiger partial charge in [0.2, 0.25) is 5.91 Å². The standard InChI is InChI=1S/C24H30N2O2S/c1-17(2)12-13-18(3)25-24(28)20-9-5-7-11-22(20)29-16-23(27)26-15-14-19-8-4-6-10-21(19)26/h4-11,17-18H,12-16H2,1-3H3,(H,25,28). The van der Waals surface area contributed by atoms with Gasteiger partial charge in [-0.1, -0.05) is 44.2 Å². The first kappa shape index (κ1) is 21.4. The van der Waals surface area contributed by atoms with Gasteiger partial charge in [-0.05, 0) is 55.9 Å². The number of carbonyl (C=O) groups excluding carboxylic acids is 2.